The monoisotopic (exact) mass is 398 g/mol. The number of hydrogen-bond donors (Lipinski definition) is 1. The van der Waals surface area contributed by atoms with E-state index in [0.29, 0.717) is 19.3 Å². The van der Waals surface area contributed by atoms with Crippen molar-refractivity contribution < 1.29 is 19.1 Å². The Labute approximate surface area is 172 Å². The molecule has 2 heterocycles. The Hall–Kier alpha value is -2.63. The normalized spacial score (nSPS) is 25.2. The molecule has 1 saturated heterocycles. The van der Waals surface area contributed by atoms with Crippen LogP contribution in [0.2, 0.25) is 0 Å². The minimum Gasteiger partial charge on any atom is -0.456 e. The molecule has 156 valence electrons. The van der Waals surface area contributed by atoms with Gasteiger partial charge in [-0.25, -0.2) is 0 Å². The summed E-state index contributed by atoms with van der Waals surface area (Å²) in [5.74, 6) is -0.809. The van der Waals surface area contributed by atoms with Gasteiger partial charge in [0.2, 0.25) is 11.8 Å². The SMILES string of the molecule is O=C1CC/C=C/C[C@@H](CC(=O)N2CCCCC2)C(=O)NC[C@@H](c2ccccc2)O1. The first-order chi connectivity index (χ1) is 14.1. The van der Waals surface area contributed by atoms with Gasteiger partial charge < -0.3 is 15.0 Å². The van der Waals surface area contributed by atoms with Crippen molar-refractivity contribution in [3.63, 3.8) is 0 Å². The number of allylic oxidation sites excluding steroid dienone is 2. The first-order valence-corrected chi connectivity index (χ1v) is 10.6. The van der Waals surface area contributed by atoms with Gasteiger partial charge in [-0.3, -0.25) is 14.4 Å². The van der Waals surface area contributed by atoms with Gasteiger partial charge in [-0.15, -0.1) is 0 Å². The van der Waals surface area contributed by atoms with E-state index >= 15 is 0 Å². The Kier molecular flexibility index (Phi) is 7.85. The number of esters is 1. The highest BCUT2D eigenvalue weighted by molar-refractivity contribution is 5.86. The first kappa shape index (κ1) is 21.1. The zero-order chi connectivity index (χ0) is 20.5. The Morgan fingerprint density at radius 2 is 1.83 bits per heavy atom. The van der Waals surface area contributed by atoms with Gasteiger partial charge in [0.05, 0.1) is 12.5 Å². The van der Waals surface area contributed by atoms with E-state index in [0.717, 1.165) is 37.9 Å². The third kappa shape index (κ3) is 6.44. The summed E-state index contributed by atoms with van der Waals surface area (Å²) in [6.07, 6.45) is 8.07. The molecule has 1 aromatic carbocycles. The Bertz CT molecular complexity index is 726. The van der Waals surface area contributed by atoms with Gasteiger partial charge in [0, 0.05) is 25.9 Å². The third-order valence-electron chi connectivity index (χ3n) is 5.51. The van der Waals surface area contributed by atoms with E-state index in [2.05, 4.69) is 5.32 Å². The number of nitrogens with zero attached hydrogens (tertiary/aromatic N) is 1. The molecular formula is C23H30N2O4. The van der Waals surface area contributed by atoms with Crippen molar-refractivity contribution in [1.29, 1.82) is 0 Å². The lowest BCUT2D eigenvalue weighted by molar-refractivity contribution is -0.150. The summed E-state index contributed by atoms with van der Waals surface area (Å²) < 4.78 is 5.61. The molecule has 0 aliphatic carbocycles. The largest absolute Gasteiger partial charge is 0.456 e. The lowest BCUT2D eigenvalue weighted by Crippen LogP contribution is -2.40. The fraction of sp³-hybridized carbons (Fsp3) is 0.522. The Morgan fingerprint density at radius 1 is 1.07 bits per heavy atom. The number of benzene rings is 1. The molecule has 29 heavy (non-hydrogen) atoms. The molecule has 2 aliphatic heterocycles. The summed E-state index contributed by atoms with van der Waals surface area (Å²) in [5, 5.41) is 2.91. The van der Waals surface area contributed by atoms with Crippen LogP contribution in [0.3, 0.4) is 0 Å². The lowest BCUT2D eigenvalue weighted by atomic mass is 9.97. The van der Waals surface area contributed by atoms with Gasteiger partial charge in [0.1, 0.15) is 6.10 Å². The maximum atomic E-state index is 12.9. The molecule has 6 heteroatoms. The second-order valence-corrected chi connectivity index (χ2v) is 7.72. The molecule has 0 unspecified atom stereocenters. The fourth-order valence-corrected chi connectivity index (χ4v) is 3.80. The van der Waals surface area contributed by atoms with Crippen LogP contribution < -0.4 is 5.32 Å². The van der Waals surface area contributed by atoms with Gasteiger partial charge in [-0.1, -0.05) is 42.5 Å². The zero-order valence-corrected chi connectivity index (χ0v) is 16.8. The maximum Gasteiger partial charge on any atom is 0.306 e. The number of piperidine rings is 1. The highest BCUT2D eigenvalue weighted by Crippen LogP contribution is 2.20. The lowest BCUT2D eigenvalue weighted by Gasteiger charge is -2.28. The van der Waals surface area contributed by atoms with Crippen molar-refractivity contribution in [3.8, 4) is 0 Å². The van der Waals surface area contributed by atoms with Crippen molar-refractivity contribution in [3.05, 3.63) is 48.0 Å². The summed E-state index contributed by atoms with van der Waals surface area (Å²) in [7, 11) is 0. The van der Waals surface area contributed by atoms with Crippen LogP contribution in [-0.4, -0.2) is 42.3 Å². The number of cyclic esters (lactones) is 1. The predicted molar refractivity (Wildman–Crippen MR) is 110 cm³/mol. The molecule has 0 saturated carbocycles. The molecular weight excluding hydrogens is 368 g/mol. The Balaban J connectivity index is 1.68. The highest BCUT2D eigenvalue weighted by atomic mass is 16.5. The average Bonchev–Trinajstić information content (AvgIpc) is 2.75. The van der Waals surface area contributed by atoms with Crippen LogP contribution in [0.5, 0.6) is 0 Å². The quantitative estimate of drug-likeness (QED) is 0.627. The summed E-state index contributed by atoms with van der Waals surface area (Å²) in [6.45, 7) is 1.77. The van der Waals surface area contributed by atoms with E-state index in [-0.39, 0.29) is 30.7 Å². The minimum absolute atomic E-state index is 0.0522. The fourth-order valence-electron chi connectivity index (χ4n) is 3.80. The van der Waals surface area contributed by atoms with Crippen LogP contribution in [-0.2, 0) is 19.1 Å². The van der Waals surface area contributed by atoms with Gasteiger partial charge in [0.25, 0.3) is 0 Å². The second kappa shape index (κ2) is 10.8. The van der Waals surface area contributed by atoms with Crippen molar-refractivity contribution >= 4 is 17.8 Å². The highest BCUT2D eigenvalue weighted by Gasteiger charge is 2.26. The number of likely N-dealkylation sites (tertiary alicyclic amines) is 1. The molecule has 1 fully saturated rings. The van der Waals surface area contributed by atoms with Crippen LogP contribution in [0.15, 0.2) is 42.5 Å². The number of rotatable bonds is 3. The van der Waals surface area contributed by atoms with E-state index in [1.165, 1.54) is 0 Å². The number of amides is 2. The van der Waals surface area contributed by atoms with E-state index in [1.807, 2.05) is 47.4 Å². The van der Waals surface area contributed by atoms with Crippen LogP contribution in [0.1, 0.15) is 56.6 Å². The van der Waals surface area contributed by atoms with Crippen molar-refractivity contribution in [2.24, 2.45) is 5.92 Å². The molecule has 0 spiro atoms. The van der Waals surface area contributed by atoms with Crippen LogP contribution in [0, 0.1) is 5.92 Å². The third-order valence-corrected chi connectivity index (χ3v) is 5.51. The molecule has 2 amide bonds. The number of nitrogens with one attached hydrogen (secondary N) is 1. The van der Waals surface area contributed by atoms with Gasteiger partial charge in [-0.2, -0.15) is 0 Å². The summed E-state index contributed by atoms with van der Waals surface area (Å²) in [4.78, 5) is 39.5. The topological polar surface area (TPSA) is 75.7 Å². The summed E-state index contributed by atoms with van der Waals surface area (Å²) in [6, 6.07) is 9.42. The number of ether oxygens (including phenoxy) is 1. The van der Waals surface area contributed by atoms with Gasteiger partial charge in [-0.05, 0) is 37.7 Å². The molecule has 2 aliphatic rings. The van der Waals surface area contributed by atoms with Crippen molar-refractivity contribution in [2.45, 2.75) is 51.0 Å². The zero-order valence-electron chi connectivity index (χ0n) is 16.8. The van der Waals surface area contributed by atoms with Crippen molar-refractivity contribution in [1.82, 2.24) is 10.2 Å². The van der Waals surface area contributed by atoms with E-state index in [4.69, 9.17) is 4.74 Å². The predicted octanol–water partition coefficient (Wildman–Crippen LogP) is 3.15. The number of carbonyl (C=O) groups excluding carboxylic acids is 3. The molecule has 2 atom stereocenters. The standard InChI is InChI=1S/C23H30N2O4/c26-21(25-14-8-3-9-15-25)16-19-12-6-2-7-13-22(27)29-20(17-24-23(19)28)18-10-4-1-5-11-18/h1-2,4-6,10-11,19-20H,3,7-9,12-17H2,(H,24,28)/b6-2+/t19-,20-/m0/s1. The maximum absolute atomic E-state index is 12.9. The van der Waals surface area contributed by atoms with Crippen molar-refractivity contribution in [2.75, 3.05) is 19.6 Å². The average molecular weight is 399 g/mol. The van der Waals surface area contributed by atoms with E-state index < -0.39 is 12.0 Å². The van der Waals surface area contributed by atoms with E-state index in [9.17, 15) is 14.4 Å². The molecule has 0 radical (unpaired) electrons. The molecule has 3 rings (SSSR count). The number of hydrogen-bond acceptors (Lipinski definition) is 4. The first-order valence-electron chi connectivity index (χ1n) is 10.6. The van der Waals surface area contributed by atoms with Gasteiger partial charge in [0.15, 0.2) is 0 Å². The summed E-state index contributed by atoms with van der Waals surface area (Å²) in [5.41, 5.74) is 0.842. The van der Waals surface area contributed by atoms with Crippen LogP contribution in [0.25, 0.3) is 0 Å². The number of carbonyl (C=O) groups is 3. The molecule has 0 aromatic heterocycles. The smallest absolute Gasteiger partial charge is 0.306 e. The molecule has 0 bridgehead atoms. The molecule has 1 N–H and O–H groups in total. The minimum atomic E-state index is -0.533. The molecule has 1 aromatic rings. The van der Waals surface area contributed by atoms with Gasteiger partial charge >= 0.3 is 5.97 Å². The summed E-state index contributed by atoms with van der Waals surface area (Å²) >= 11 is 0. The van der Waals surface area contributed by atoms with Crippen LogP contribution in [0.4, 0.5) is 0 Å². The van der Waals surface area contributed by atoms with E-state index in [1.54, 1.807) is 0 Å². The molecule has 6 nitrogen and oxygen atoms in total. The van der Waals surface area contributed by atoms with Crippen LogP contribution >= 0.6 is 0 Å². The Morgan fingerprint density at radius 3 is 2.59 bits per heavy atom. The second-order valence-electron chi connectivity index (χ2n) is 7.72.